The number of para-hydroxylation sites is 1. The molecule has 0 heterocycles. The van der Waals surface area contributed by atoms with Gasteiger partial charge in [-0.25, -0.2) is 0 Å². The fraction of sp³-hybridized carbons (Fsp3) is 0.250. The molecule has 0 saturated heterocycles. The van der Waals surface area contributed by atoms with Gasteiger partial charge in [0.05, 0.1) is 13.0 Å². The van der Waals surface area contributed by atoms with Gasteiger partial charge in [0.1, 0.15) is 0 Å². The van der Waals surface area contributed by atoms with E-state index in [9.17, 15) is 14.4 Å². The van der Waals surface area contributed by atoms with E-state index < -0.39 is 18.0 Å². The minimum Gasteiger partial charge on any atom is -0.453 e. The lowest BCUT2D eigenvalue weighted by Crippen LogP contribution is -2.40. The van der Waals surface area contributed by atoms with Crippen molar-refractivity contribution in [2.75, 3.05) is 11.9 Å². The number of carbonyl (C=O) groups excluding carboxylic acids is 3. The highest BCUT2D eigenvalue weighted by Gasteiger charge is 2.23. The monoisotopic (exact) mass is 458 g/mol. The van der Waals surface area contributed by atoms with Gasteiger partial charge in [0.2, 0.25) is 5.91 Å². The Hall–Kier alpha value is -3.93. The summed E-state index contributed by atoms with van der Waals surface area (Å²) in [5.74, 6) is -1.55. The normalized spacial score (nSPS) is 11.5. The molecule has 0 aliphatic heterocycles. The fourth-order valence-electron chi connectivity index (χ4n) is 3.77. The largest absolute Gasteiger partial charge is 0.453 e. The molecular formula is C28H30N2O4. The SMILES string of the molecule is Cc1cccc(C)c1NC(=O)CNC(=O)C(C)OC(=O)CC(c1ccccc1)c1ccccc1. The molecule has 0 aliphatic carbocycles. The second-order valence-electron chi connectivity index (χ2n) is 8.24. The van der Waals surface area contributed by atoms with Crippen molar-refractivity contribution in [3.8, 4) is 0 Å². The highest BCUT2D eigenvalue weighted by atomic mass is 16.5. The molecule has 3 rings (SSSR count). The van der Waals surface area contributed by atoms with Gasteiger partial charge in [-0.2, -0.15) is 0 Å². The molecule has 176 valence electrons. The maximum absolute atomic E-state index is 12.7. The maximum Gasteiger partial charge on any atom is 0.307 e. The van der Waals surface area contributed by atoms with Crippen LogP contribution >= 0.6 is 0 Å². The van der Waals surface area contributed by atoms with Crippen LogP contribution in [0.15, 0.2) is 78.9 Å². The number of amides is 2. The van der Waals surface area contributed by atoms with Crippen molar-refractivity contribution in [3.63, 3.8) is 0 Å². The smallest absolute Gasteiger partial charge is 0.307 e. The van der Waals surface area contributed by atoms with Crippen molar-refractivity contribution in [2.24, 2.45) is 0 Å². The molecule has 0 spiro atoms. The van der Waals surface area contributed by atoms with Gasteiger partial charge in [0.25, 0.3) is 5.91 Å². The van der Waals surface area contributed by atoms with Crippen LogP contribution in [0.1, 0.15) is 41.5 Å². The second kappa shape index (κ2) is 11.8. The van der Waals surface area contributed by atoms with E-state index in [0.29, 0.717) is 0 Å². The Balaban J connectivity index is 1.54. The first-order valence-electron chi connectivity index (χ1n) is 11.3. The molecule has 0 saturated carbocycles. The zero-order chi connectivity index (χ0) is 24.5. The molecule has 3 aromatic carbocycles. The van der Waals surface area contributed by atoms with Crippen molar-refractivity contribution in [1.29, 1.82) is 0 Å². The highest BCUT2D eigenvalue weighted by Crippen LogP contribution is 2.28. The van der Waals surface area contributed by atoms with E-state index >= 15 is 0 Å². The highest BCUT2D eigenvalue weighted by molar-refractivity contribution is 5.96. The minimum absolute atomic E-state index is 0.0959. The van der Waals surface area contributed by atoms with Gasteiger partial charge in [-0.05, 0) is 43.0 Å². The summed E-state index contributed by atoms with van der Waals surface area (Å²) in [5, 5.41) is 5.35. The summed E-state index contributed by atoms with van der Waals surface area (Å²) in [6.07, 6.45) is -0.925. The molecule has 6 nitrogen and oxygen atoms in total. The van der Waals surface area contributed by atoms with E-state index in [1.165, 1.54) is 6.92 Å². The summed E-state index contributed by atoms with van der Waals surface area (Å²) >= 11 is 0. The molecule has 1 atom stereocenters. The molecule has 2 amide bonds. The molecule has 34 heavy (non-hydrogen) atoms. The van der Waals surface area contributed by atoms with E-state index in [1.807, 2.05) is 92.7 Å². The van der Waals surface area contributed by atoms with Crippen molar-refractivity contribution in [1.82, 2.24) is 5.32 Å². The van der Waals surface area contributed by atoms with Crippen LogP contribution in [0.4, 0.5) is 5.69 Å². The average molecular weight is 459 g/mol. The molecule has 0 bridgehead atoms. The number of hydrogen-bond donors (Lipinski definition) is 2. The molecule has 0 radical (unpaired) electrons. The van der Waals surface area contributed by atoms with Crippen LogP contribution in [-0.4, -0.2) is 30.4 Å². The van der Waals surface area contributed by atoms with Crippen LogP contribution < -0.4 is 10.6 Å². The van der Waals surface area contributed by atoms with Crippen LogP contribution in [-0.2, 0) is 19.1 Å². The summed E-state index contributed by atoms with van der Waals surface area (Å²) in [6.45, 7) is 5.09. The number of ether oxygens (including phenoxy) is 1. The molecule has 1 unspecified atom stereocenters. The first kappa shape index (κ1) is 24.7. The third kappa shape index (κ3) is 6.78. The minimum atomic E-state index is -1.02. The summed E-state index contributed by atoms with van der Waals surface area (Å²) in [7, 11) is 0. The number of esters is 1. The van der Waals surface area contributed by atoms with Crippen molar-refractivity contribution < 1.29 is 19.1 Å². The number of aryl methyl sites for hydroxylation is 2. The molecule has 0 aromatic heterocycles. The van der Waals surface area contributed by atoms with Crippen LogP contribution in [0, 0.1) is 13.8 Å². The van der Waals surface area contributed by atoms with Crippen LogP contribution in [0.3, 0.4) is 0 Å². The molecule has 0 fully saturated rings. The molecular weight excluding hydrogens is 428 g/mol. The van der Waals surface area contributed by atoms with Crippen molar-refractivity contribution in [2.45, 2.75) is 39.2 Å². The summed E-state index contributed by atoms with van der Waals surface area (Å²) in [6, 6.07) is 25.1. The van der Waals surface area contributed by atoms with Crippen LogP contribution in [0.2, 0.25) is 0 Å². The Bertz CT molecular complexity index is 1070. The number of anilines is 1. The molecule has 0 aliphatic rings. The third-order valence-corrected chi connectivity index (χ3v) is 5.62. The van der Waals surface area contributed by atoms with Crippen LogP contribution in [0.5, 0.6) is 0 Å². The average Bonchev–Trinajstić information content (AvgIpc) is 2.84. The van der Waals surface area contributed by atoms with Gasteiger partial charge in [-0.3, -0.25) is 14.4 Å². The first-order valence-corrected chi connectivity index (χ1v) is 11.3. The Morgan fingerprint density at radius 2 is 1.32 bits per heavy atom. The van der Waals surface area contributed by atoms with Gasteiger partial charge in [0, 0.05) is 11.6 Å². The Morgan fingerprint density at radius 1 is 0.794 bits per heavy atom. The number of carbonyl (C=O) groups is 3. The fourth-order valence-corrected chi connectivity index (χ4v) is 3.77. The lowest BCUT2D eigenvalue weighted by molar-refractivity contribution is -0.155. The van der Waals surface area contributed by atoms with Gasteiger partial charge in [0.15, 0.2) is 6.10 Å². The van der Waals surface area contributed by atoms with Gasteiger partial charge in [-0.1, -0.05) is 78.9 Å². The zero-order valence-corrected chi connectivity index (χ0v) is 19.7. The third-order valence-electron chi connectivity index (χ3n) is 5.62. The first-order chi connectivity index (χ1) is 16.3. The van der Waals surface area contributed by atoms with E-state index in [4.69, 9.17) is 4.74 Å². The summed E-state index contributed by atoms with van der Waals surface area (Å²) in [4.78, 5) is 37.4. The molecule has 6 heteroatoms. The van der Waals surface area contributed by atoms with Gasteiger partial charge < -0.3 is 15.4 Å². The quantitative estimate of drug-likeness (QED) is 0.462. The second-order valence-corrected chi connectivity index (χ2v) is 8.24. The van der Waals surface area contributed by atoms with Crippen molar-refractivity contribution in [3.05, 3.63) is 101 Å². The zero-order valence-electron chi connectivity index (χ0n) is 19.7. The Kier molecular flexibility index (Phi) is 8.57. The number of nitrogens with one attached hydrogen (secondary N) is 2. The number of rotatable bonds is 9. The van der Waals surface area contributed by atoms with Crippen molar-refractivity contribution >= 4 is 23.5 Å². The van der Waals surface area contributed by atoms with E-state index in [1.54, 1.807) is 0 Å². The number of hydrogen-bond acceptors (Lipinski definition) is 4. The topological polar surface area (TPSA) is 84.5 Å². The lowest BCUT2D eigenvalue weighted by Gasteiger charge is -2.19. The Labute approximate surface area is 200 Å². The Morgan fingerprint density at radius 3 is 1.85 bits per heavy atom. The number of benzene rings is 3. The lowest BCUT2D eigenvalue weighted by atomic mass is 9.88. The van der Waals surface area contributed by atoms with Crippen LogP contribution in [0.25, 0.3) is 0 Å². The van der Waals surface area contributed by atoms with Gasteiger partial charge >= 0.3 is 5.97 Å². The summed E-state index contributed by atoms with van der Waals surface area (Å²) < 4.78 is 5.39. The van der Waals surface area contributed by atoms with E-state index in [-0.39, 0.29) is 24.8 Å². The maximum atomic E-state index is 12.7. The predicted molar refractivity (Wildman–Crippen MR) is 132 cm³/mol. The standard InChI is InChI=1S/C28H30N2O4/c1-19-11-10-12-20(2)27(19)30-25(31)18-29-28(33)21(3)34-26(32)17-24(22-13-6-4-7-14-22)23-15-8-5-9-16-23/h4-16,21,24H,17-18H2,1-3H3,(H,29,33)(H,30,31). The van der Waals surface area contributed by atoms with E-state index in [0.717, 1.165) is 27.9 Å². The predicted octanol–water partition coefficient (Wildman–Crippen LogP) is 4.51. The molecule has 2 N–H and O–H groups in total. The van der Waals surface area contributed by atoms with Gasteiger partial charge in [-0.15, -0.1) is 0 Å². The van der Waals surface area contributed by atoms with E-state index in [2.05, 4.69) is 10.6 Å². The molecule has 3 aromatic rings. The summed E-state index contributed by atoms with van der Waals surface area (Å²) in [5.41, 5.74) is 4.59.